The third-order valence-corrected chi connectivity index (χ3v) is 1.82. The van der Waals surface area contributed by atoms with Crippen molar-refractivity contribution < 1.29 is 4.39 Å². The maximum atomic E-state index is 11.7. The summed E-state index contributed by atoms with van der Waals surface area (Å²) in [7, 11) is 0. The maximum Gasteiger partial charge on any atom is 0.0869 e. The fraction of sp³-hybridized carbons (Fsp3) is 0.333. The summed E-state index contributed by atoms with van der Waals surface area (Å²) in [6.07, 6.45) is 5.04. The van der Waals surface area contributed by atoms with Crippen LogP contribution in [0.25, 0.3) is 0 Å². The van der Waals surface area contributed by atoms with E-state index in [9.17, 15) is 4.39 Å². The van der Waals surface area contributed by atoms with Gasteiger partial charge in [0.2, 0.25) is 0 Å². The first-order chi connectivity index (χ1) is 4.74. The molecule has 0 nitrogen and oxygen atoms in total. The summed E-state index contributed by atoms with van der Waals surface area (Å²) in [6.45, 7) is 4.12. The Morgan fingerprint density at radius 3 is 2.60 bits per heavy atom. The lowest BCUT2D eigenvalue weighted by atomic mass is 10.1. The summed E-state index contributed by atoms with van der Waals surface area (Å²) < 4.78 is 11.7. The largest absolute Gasteiger partial charge is 0.216 e. The molecule has 0 aromatic rings. The van der Waals surface area contributed by atoms with Crippen LogP contribution in [-0.4, -0.2) is 0 Å². The van der Waals surface area contributed by atoms with Crippen LogP contribution in [0.4, 0.5) is 4.39 Å². The first kappa shape index (κ1) is 7.26. The van der Waals surface area contributed by atoms with Crippen molar-refractivity contribution in [2.75, 3.05) is 0 Å². The average Bonchev–Trinajstić information content (AvgIpc) is 2.14. The van der Waals surface area contributed by atoms with Gasteiger partial charge in [0.1, 0.15) is 0 Å². The summed E-state index contributed by atoms with van der Waals surface area (Å²) in [4.78, 5) is 0. The smallest absolute Gasteiger partial charge is 0.0869 e. The molecular formula is C9H11F. The van der Waals surface area contributed by atoms with Crippen LogP contribution in [0.1, 0.15) is 20.3 Å². The van der Waals surface area contributed by atoms with Gasteiger partial charge in [0.15, 0.2) is 0 Å². The predicted molar refractivity (Wildman–Crippen MR) is 41.3 cm³/mol. The van der Waals surface area contributed by atoms with E-state index in [4.69, 9.17) is 0 Å². The van der Waals surface area contributed by atoms with Crippen molar-refractivity contribution in [3.63, 3.8) is 0 Å². The molecule has 54 valence electrons. The Morgan fingerprint density at radius 1 is 1.50 bits per heavy atom. The molecule has 1 heteroatoms. The standard InChI is InChI=1S/C9H11F/c1-7-5-9(3-4-10)6-8(7)2/h3-5H,6H2,1-2H3. The van der Waals surface area contributed by atoms with Crippen molar-refractivity contribution >= 4 is 0 Å². The first-order valence-corrected chi connectivity index (χ1v) is 3.37. The number of allylic oxidation sites excluding steroid dienone is 5. The highest BCUT2D eigenvalue weighted by Crippen LogP contribution is 2.24. The van der Waals surface area contributed by atoms with Gasteiger partial charge in [-0.2, -0.15) is 0 Å². The third kappa shape index (κ3) is 1.35. The molecule has 1 aliphatic carbocycles. The molecular weight excluding hydrogens is 127 g/mol. The van der Waals surface area contributed by atoms with E-state index in [0.717, 1.165) is 12.0 Å². The maximum absolute atomic E-state index is 11.7. The lowest BCUT2D eigenvalue weighted by molar-refractivity contribution is 0.719. The van der Waals surface area contributed by atoms with Crippen LogP contribution >= 0.6 is 0 Å². The summed E-state index contributed by atoms with van der Waals surface area (Å²) >= 11 is 0. The third-order valence-electron chi connectivity index (χ3n) is 1.82. The molecule has 0 bridgehead atoms. The van der Waals surface area contributed by atoms with E-state index in [-0.39, 0.29) is 0 Å². The summed E-state index contributed by atoms with van der Waals surface area (Å²) in [6, 6.07) is 0. The van der Waals surface area contributed by atoms with Gasteiger partial charge in [0.25, 0.3) is 0 Å². The van der Waals surface area contributed by atoms with Crippen LogP contribution in [0.3, 0.4) is 0 Å². The lowest BCUT2D eigenvalue weighted by Crippen LogP contribution is -1.72. The average molecular weight is 138 g/mol. The van der Waals surface area contributed by atoms with Crippen molar-refractivity contribution in [2.24, 2.45) is 0 Å². The van der Waals surface area contributed by atoms with Gasteiger partial charge in [-0.15, -0.1) is 0 Å². The predicted octanol–water partition coefficient (Wildman–Crippen LogP) is 3.14. The molecule has 0 atom stereocenters. The minimum absolute atomic E-state index is 0.595. The van der Waals surface area contributed by atoms with Crippen molar-refractivity contribution in [2.45, 2.75) is 20.3 Å². The number of hydrogen-bond acceptors (Lipinski definition) is 0. The highest BCUT2D eigenvalue weighted by molar-refractivity contribution is 5.41. The van der Waals surface area contributed by atoms with Gasteiger partial charge in [-0.3, -0.25) is 0 Å². The Morgan fingerprint density at radius 2 is 2.20 bits per heavy atom. The molecule has 1 aliphatic rings. The Labute approximate surface area is 60.7 Å². The number of hydrogen-bond donors (Lipinski definition) is 0. The van der Waals surface area contributed by atoms with Gasteiger partial charge in [0.05, 0.1) is 6.33 Å². The summed E-state index contributed by atoms with van der Waals surface area (Å²) in [5.74, 6) is 0. The fourth-order valence-electron chi connectivity index (χ4n) is 1.09. The van der Waals surface area contributed by atoms with Gasteiger partial charge >= 0.3 is 0 Å². The van der Waals surface area contributed by atoms with Crippen LogP contribution in [0, 0.1) is 0 Å². The highest BCUT2D eigenvalue weighted by atomic mass is 19.1. The van der Waals surface area contributed by atoms with E-state index in [0.29, 0.717) is 6.33 Å². The first-order valence-electron chi connectivity index (χ1n) is 3.37. The molecule has 0 heterocycles. The van der Waals surface area contributed by atoms with E-state index in [1.165, 1.54) is 17.2 Å². The molecule has 0 unspecified atom stereocenters. The van der Waals surface area contributed by atoms with Gasteiger partial charge in [0, 0.05) is 0 Å². The van der Waals surface area contributed by atoms with Gasteiger partial charge in [-0.05, 0) is 31.9 Å². The molecule has 1 rings (SSSR count). The van der Waals surface area contributed by atoms with E-state index in [1.54, 1.807) is 0 Å². The Kier molecular flexibility index (Phi) is 2.05. The molecule has 0 saturated carbocycles. The monoisotopic (exact) mass is 138 g/mol. The lowest BCUT2D eigenvalue weighted by Gasteiger charge is -1.91. The van der Waals surface area contributed by atoms with Crippen molar-refractivity contribution in [3.05, 3.63) is 35.2 Å². The second-order valence-corrected chi connectivity index (χ2v) is 2.65. The Bertz CT molecular complexity index is 219. The van der Waals surface area contributed by atoms with E-state index in [1.807, 2.05) is 6.08 Å². The highest BCUT2D eigenvalue weighted by Gasteiger charge is 2.05. The zero-order valence-corrected chi connectivity index (χ0v) is 6.32. The summed E-state index contributed by atoms with van der Waals surface area (Å²) in [5.41, 5.74) is 3.68. The molecule has 0 aromatic carbocycles. The number of rotatable bonds is 1. The molecule has 0 radical (unpaired) electrons. The van der Waals surface area contributed by atoms with E-state index < -0.39 is 0 Å². The minimum atomic E-state index is 0.595. The molecule has 0 spiro atoms. The number of halogens is 1. The minimum Gasteiger partial charge on any atom is -0.216 e. The Hall–Kier alpha value is -0.850. The van der Waals surface area contributed by atoms with Crippen molar-refractivity contribution in [3.8, 4) is 0 Å². The van der Waals surface area contributed by atoms with Crippen molar-refractivity contribution in [1.82, 2.24) is 0 Å². The quantitative estimate of drug-likeness (QED) is 0.522. The zero-order valence-electron chi connectivity index (χ0n) is 6.32. The van der Waals surface area contributed by atoms with E-state index >= 15 is 0 Å². The van der Waals surface area contributed by atoms with E-state index in [2.05, 4.69) is 13.8 Å². The normalized spacial score (nSPS) is 18.9. The van der Waals surface area contributed by atoms with Crippen molar-refractivity contribution in [1.29, 1.82) is 0 Å². The van der Waals surface area contributed by atoms with Crippen LogP contribution in [0.15, 0.2) is 35.2 Å². The van der Waals surface area contributed by atoms with Crippen LogP contribution < -0.4 is 0 Å². The van der Waals surface area contributed by atoms with Gasteiger partial charge in [-0.1, -0.05) is 17.2 Å². The Balaban J connectivity index is 2.69. The van der Waals surface area contributed by atoms with Gasteiger partial charge in [-0.25, -0.2) is 4.39 Å². The molecule has 0 N–H and O–H groups in total. The molecule has 0 amide bonds. The molecule has 0 fully saturated rings. The molecule has 0 saturated heterocycles. The molecule has 10 heavy (non-hydrogen) atoms. The fourth-order valence-corrected chi connectivity index (χ4v) is 1.09. The van der Waals surface area contributed by atoms with Crippen LogP contribution in [0.5, 0.6) is 0 Å². The topological polar surface area (TPSA) is 0 Å². The second kappa shape index (κ2) is 2.82. The van der Waals surface area contributed by atoms with Crippen LogP contribution in [-0.2, 0) is 0 Å². The zero-order chi connectivity index (χ0) is 7.56. The second-order valence-electron chi connectivity index (χ2n) is 2.65. The SMILES string of the molecule is CC1=C(C)CC(C=CF)=C1. The summed E-state index contributed by atoms with van der Waals surface area (Å²) in [5, 5.41) is 0. The van der Waals surface area contributed by atoms with Gasteiger partial charge < -0.3 is 0 Å². The molecule has 0 aliphatic heterocycles. The van der Waals surface area contributed by atoms with Crippen LogP contribution in [0.2, 0.25) is 0 Å². The molecule has 0 aromatic heterocycles.